The molecule has 2 unspecified atom stereocenters. The predicted molar refractivity (Wildman–Crippen MR) is 129 cm³/mol. The van der Waals surface area contributed by atoms with Gasteiger partial charge in [-0.1, -0.05) is 0 Å². The van der Waals surface area contributed by atoms with Gasteiger partial charge in [0.1, 0.15) is 0 Å². The number of carbonyl (C=O) groups excluding carboxylic acids is 2. The van der Waals surface area contributed by atoms with Gasteiger partial charge in [-0.25, -0.2) is 0 Å². The number of aliphatic carboxylic acids is 1. The van der Waals surface area contributed by atoms with Gasteiger partial charge in [-0.15, -0.1) is 0 Å². The molecule has 2 amide bonds. The summed E-state index contributed by atoms with van der Waals surface area (Å²) in [6, 6.07) is 0. The van der Waals surface area contributed by atoms with Crippen LogP contribution in [0.25, 0.3) is 0 Å². The number of amides is 2. The molecule has 0 saturated carbocycles. The van der Waals surface area contributed by atoms with Crippen molar-refractivity contribution in [3.63, 3.8) is 0 Å². The molecule has 5 N–H and O–H groups in total. The van der Waals surface area contributed by atoms with Gasteiger partial charge in [-0.05, 0) is 68.2 Å². The van der Waals surface area contributed by atoms with Gasteiger partial charge >= 0.3 is 5.97 Å². The molecule has 33 heavy (non-hydrogen) atoms. The average Bonchev–Trinajstić information content (AvgIpc) is 2.98. The van der Waals surface area contributed by atoms with E-state index in [1.165, 1.54) is 0 Å². The van der Waals surface area contributed by atoms with E-state index in [1.807, 2.05) is 27.7 Å². The molecule has 0 aromatic carbocycles. The third kappa shape index (κ3) is 7.65. The van der Waals surface area contributed by atoms with Crippen LogP contribution in [-0.2, 0) is 14.4 Å². The van der Waals surface area contributed by atoms with Crippen LogP contribution in [-0.4, -0.2) is 82.7 Å². The van der Waals surface area contributed by atoms with E-state index in [2.05, 4.69) is 49.0 Å². The molecule has 0 aliphatic carbocycles. The van der Waals surface area contributed by atoms with E-state index < -0.39 is 5.97 Å². The summed E-state index contributed by atoms with van der Waals surface area (Å²) in [5.74, 6) is -1.25. The predicted octanol–water partition coefficient (Wildman–Crippen LogP) is 0.939. The quantitative estimate of drug-likeness (QED) is 0.324. The van der Waals surface area contributed by atoms with Gasteiger partial charge in [0.25, 0.3) is 0 Å². The fourth-order valence-electron chi connectivity index (χ4n) is 5.77. The normalized spacial score (nSPS) is 26.8. The summed E-state index contributed by atoms with van der Waals surface area (Å²) < 4.78 is 0. The van der Waals surface area contributed by atoms with Crippen LogP contribution in [0.15, 0.2) is 0 Å². The lowest BCUT2D eigenvalue weighted by atomic mass is 9.86. The Hall–Kier alpha value is -1.71. The number of nitrogens with one attached hydrogen (secondary N) is 4. The van der Waals surface area contributed by atoms with Crippen molar-refractivity contribution < 1.29 is 19.5 Å². The fourth-order valence-corrected chi connectivity index (χ4v) is 5.77. The number of carboxylic acids is 1. The highest BCUT2D eigenvalue weighted by Crippen LogP contribution is 2.36. The molecule has 9 nitrogen and oxygen atoms in total. The molecular formula is C24H45N5O4. The van der Waals surface area contributed by atoms with E-state index in [1.54, 1.807) is 4.90 Å². The molecule has 2 rings (SSSR count). The van der Waals surface area contributed by atoms with E-state index in [0.717, 1.165) is 12.8 Å². The highest BCUT2D eigenvalue weighted by atomic mass is 16.4. The second-order valence-corrected chi connectivity index (χ2v) is 12.2. The third-order valence-corrected chi connectivity index (χ3v) is 6.94. The first-order chi connectivity index (χ1) is 14.9. The van der Waals surface area contributed by atoms with E-state index in [-0.39, 0.29) is 52.4 Å². The number of hydrogen-bond donors (Lipinski definition) is 5. The molecule has 9 heteroatoms. The summed E-state index contributed by atoms with van der Waals surface area (Å²) in [5.41, 5.74) is -0.790. The Balaban J connectivity index is 1.82. The molecule has 190 valence electrons. The molecule has 2 atom stereocenters. The molecule has 2 saturated heterocycles. The van der Waals surface area contributed by atoms with Crippen LogP contribution in [0.2, 0.25) is 0 Å². The Morgan fingerprint density at radius 2 is 1.15 bits per heavy atom. The van der Waals surface area contributed by atoms with E-state index >= 15 is 0 Å². The maximum absolute atomic E-state index is 12.8. The van der Waals surface area contributed by atoms with Gasteiger partial charge in [0.2, 0.25) is 11.8 Å². The minimum atomic E-state index is -0.932. The third-order valence-electron chi connectivity index (χ3n) is 6.94. The number of nitrogens with zero attached hydrogens (tertiary/aromatic N) is 1. The number of hydrogen-bond acceptors (Lipinski definition) is 6. The molecular weight excluding hydrogens is 422 g/mol. The lowest BCUT2D eigenvalue weighted by Crippen LogP contribution is -2.50. The highest BCUT2D eigenvalue weighted by molar-refractivity contribution is 5.81. The molecule has 0 radical (unpaired) electrons. The molecule has 0 bridgehead atoms. The van der Waals surface area contributed by atoms with Crippen LogP contribution in [0.4, 0.5) is 0 Å². The van der Waals surface area contributed by atoms with E-state index in [0.29, 0.717) is 26.2 Å². The molecule has 2 aliphatic heterocycles. The monoisotopic (exact) mass is 467 g/mol. The summed E-state index contributed by atoms with van der Waals surface area (Å²) in [4.78, 5) is 38.6. The van der Waals surface area contributed by atoms with Crippen LogP contribution < -0.4 is 21.3 Å². The van der Waals surface area contributed by atoms with Gasteiger partial charge < -0.3 is 26.4 Å². The minimum Gasteiger partial charge on any atom is -0.480 e. The van der Waals surface area contributed by atoms with Gasteiger partial charge in [-0.2, -0.15) is 0 Å². The average molecular weight is 468 g/mol. The van der Waals surface area contributed by atoms with Gasteiger partial charge in [0.15, 0.2) is 0 Å². The standard InChI is InChI=1S/C24H45N5O4/c1-21(2)13-16(23(5,6)27-21)19(32)25-9-11-29(15-18(30)31)12-10-26-20(33)17-14-22(3,4)28-24(17,7)8/h16-17,27-28H,9-15H2,1-8H3,(H,25,32)(H,26,33)(H,30,31). The molecule has 2 fully saturated rings. The molecule has 0 aromatic heterocycles. The van der Waals surface area contributed by atoms with Crippen LogP contribution in [0.3, 0.4) is 0 Å². The Labute approximate surface area is 198 Å². The van der Waals surface area contributed by atoms with Crippen molar-refractivity contribution in [1.29, 1.82) is 0 Å². The van der Waals surface area contributed by atoms with Gasteiger partial charge in [-0.3, -0.25) is 19.3 Å². The molecule has 2 aliphatic rings. The van der Waals surface area contributed by atoms with Crippen LogP contribution in [0.5, 0.6) is 0 Å². The summed E-state index contributed by atoms with van der Waals surface area (Å²) in [6.07, 6.45) is 1.50. The maximum Gasteiger partial charge on any atom is 0.317 e. The summed E-state index contributed by atoms with van der Waals surface area (Å²) in [5, 5.41) is 22.2. The smallest absolute Gasteiger partial charge is 0.317 e. The topological polar surface area (TPSA) is 123 Å². The Kier molecular flexibility index (Phi) is 8.24. The first-order valence-electron chi connectivity index (χ1n) is 12.0. The second-order valence-electron chi connectivity index (χ2n) is 12.2. The lowest BCUT2D eigenvalue weighted by molar-refractivity contribution is -0.138. The van der Waals surface area contributed by atoms with Gasteiger partial charge in [0.05, 0.1) is 18.4 Å². The Morgan fingerprint density at radius 3 is 1.42 bits per heavy atom. The first-order valence-corrected chi connectivity index (χ1v) is 12.0. The summed E-state index contributed by atoms with van der Waals surface area (Å²) in [7, 11) is 0. The van der Waals surface area contributed by atoms with Crippen molar-refractivity contribution in [2.75, 3.05) is 32.7 Å². The second kappa shape index (κ2) is 9.88. The van der Waals surface area contributed by atoms with Gasteiger partial charge in [0, 0.05) is 48.3 Å². The number of carboxylic acid groups (broad SMARTS) is 1. The van der Waals surface area contributed by atoms with Crippen molar-refractivity contribution in [2.24, 2.45) is 11.8 Å². The maximum atomic E-state index is 12.8. The molecule has 0 spiro atoms. The minimum absolute atomic E-state index is 0.0137. The van der Waals surface area contributed by atoms with Crippen molar-refractivity contribution >= 4 is 17.8 Å². The first kappa shape index (κ1) is 27.5. The lowest BCUT2D eigenvalue weighted by Gasteiger charge is -2.28. The van der Waals surface area contributed by atoms with Crippen LogP contribution in [0.1, 0.15) is 68.2 Å². The van der Waals surface area contributed by atoms with E-state index in [9.17, 15) is 19.5 Å². The molecule has 2 heterocycles. The van der Waals surface area contributed by atoms with Crippen LogP contribution in [0, 0.1) is 11.8 Å². The SMILES string of the molecule is CC1(C)CC(C(=O)NCCN(CCNC(=O)C2CC(C)(C)NC2(C)C)CC(=O)O)C(C)(C)N1. The Morgan fingerprint density at radius 1 is 0.788 bits per heavy atom. The largest absolute Gasteiger partial charge is 0.480 e. The number of carbonyl (C=O) groups is 3. The Bertz CT molecular complexity index is 693. The van der Waals surface area contributed by atoms with E-state index in [4.69, 9.17) is 0 Å². The van der Waals surface area contributed by atoms with Crippen molar-refractivity contribution in [3.8, 4) is 0 Å². The summed E-state index contributed by atoms with van der Waals surface area (Å²) >= 11 is 0. The zero-order valence-corrected chi connectivity index (χ0v) is 21.7. The highest BCUT2D eigenvalue weighted by Gasteiger charge is 2.48. The zero-order valence-electron chi connectivity index (χ0n) is 21.7. The van der Waals surface area contributed by atoms with Crippen molar-refractivity contribution in [3.05, 3.63) is 0 Å². The fraction of sp³-hybridized carbons (Fsp3) is 0.875. The molecule has 0 aromatic rings. The van der Waals surface area contributed by atoms with Crippen molar-refractivity contribution in [1.82, 2.24) is 26.2 Å². The zero-order chi connectivity index (χ0) is 25.2. The van der Waals surface area contributed by atoms with Crippen LogP contribution >= 0.6 is 0 Å². The van der Waals surface area contributed by atoms with Crippen molar-refractivity contribution in [2.45, 2.75) is 90.4 Å². The number of rotatable bonds is 10. The summed E-state index contributed by atoms with van der Waals surface area (Å²) in [6.45, 7) is 17.9.